The van der Waals surface area contributed by atoms with Crippen LogP contribution < -0.4 is 0 Å². The lowest BCUT2D eigenvalue weighted by Crippen LogP contribution is -2.11. The monoisotopic (exact) mass is 368 g/mol. The summed E-state index contributed by atoms with van der Waals surface area (Å²) in [7, 11) is 0. The SMILES string of the molecule is Cc1cc2c3cc(C(C)(C)C)ccc3cc(C)c2c2ccc(C(C)(C)C)cc12. The molecule has 0 aliphatic rings. The van der Waals surface area contributed by atoms with E-state index >= 15 is 0 Å². The molecule has 0 heteroatoms. The molecule has 0 fully saturated rings. The van der Waals surface area contributed by atoms with Gasteiger partial charge in [0.05, 0.1) is 0 Å². The Hall–Kier alpha value is -2.34. The predicted octanol–water partition coefficient (Wildman–Crippen LogP) is 8.36. The Labute approximate surface area is 169 Å². The molecule has 0 radical (unpaired) electrons. The van der Waals surface area contributed by atoms with Gasteiger partial charge in [0.1, 0.15) is 0 Å². The molecule has 0 heterocycles. The Morgan fingerprint density at radius 2 is 1.07 bits per heavy atom. The summed E-state index contributed by atoms with van der Waals surface area (Å²) in [5.41, 5.74) is 5.83. The molecule has 0 bridgehead atoms. The summed E-state index contributed by atoms with van der Waals surface area (Å²) in [5, 5.41) is 8.26. The van der Waals surface area contributed by atoms with Crippen molar-refractivity contribution in [1.29, 1.82) is 0 Å². The van der Waals surface area contributed by atoms with E-state index in [9.17, 15) is 0 Å². The van der Waals surface area contributed by atoms with Crippen molar-refractivity contribution in [2.75, 3.05) is 0 Å². The van der Waals surface area contributed by atoms with Gasteiger partial charge in [0.15, 0.2) is 0 Å². The molecular formula is C28H32. The largest absolute Gasteiger partial charge is 0.0579 e. The minimum atomic E-state index is 0.152. The number of hydrogen-bond acceptors (Lipinski definition) is 0. The van der Waals surface area contributed by atoms with Crippen molar-refractivity contribution in [3.63, 3.8) is 0 Å². The minimum Gasteiger partial charge on any atom is -0.0579 e. The lowest BCUT2D eigenvalue weighted by Gasteiger charge is -2.22. The minimum absolute atomic E-state index is 0.152. The Bertz CT molecular complexity index is 1220. The second-order valence-corrected chi connectivity index (χ2v) is 10.5. The van der Waals surface area contributed by atoms with Crippen molar-refractivity contribution in [3.8, 4) is 0 Å². The molecule has 0 aromatic heterocycles. The first-order valence-electron chi connectivity index (χ1n) is 10.4. The molecule has 0 unspecified atom stereocenters. The lowest BCUT2D eigenvalue weighted by atomic mass is 9.82. The van der Waals surface area contributed by atoms with Crippen LogP contribution in [0.5, 0.6) is 0 Å². The summed E-state index contributed by atoms with van der Waals surface area (Å²) in [6.07, 6.45) is 0. The molecule has 0 spiro atoms. The standard InChI is InChI=1S/C28H32/c1-17-14-25-24-16-20(27(3,4)5)10-9-19(24)13-18(2)26(25)22-12-11-21(15-23(17)22)28(6,7)8/h9-16H,1-8H3. The summed E-state index contributed by atoms with van der Waals surface area (Å²) < 4.78 is 0. The number of benzene rings is 4. The quantitative estimate of drug-likeness (QED) is 0.273. The molecule has 0 aliphatic heterocycles. The summed E-state index contributed by atoms with van der Waals surface area (Å²) in [4.78, 5) is 0. The van der Waals surface area contributed by atoms with E-state index < -0.39 is 0 Å². The third kappa shape index (κ3) is 3.00. The van der Waals surface area contributed by atoms with Crippen LogP contribution >= 0.6 is 0 Å². The highest BCUT2D eigenvalue weighted by Crippen LogP contribution is 2.38. The van der Waals surface area contributed by atoms with Gasteiger partial charge in [0.25, 0.3) is 0 Å². The van der Waals surface area contributed by atoms with Crippen molar-refractivity contribution in [1.82, 2.24) is 0 Å². The fraction of sp³-hybridized carbons (Fsp3) is 0.357. The lowest BCUT2D eigenvalue weighted by molar-refractivity contribution is 0.591. The predicted molar refractivity (Wildman–Crippen MR) is 126 cm³/mol. The fourth-order valence-corrected chi connectivity index (χ4v) is 4.39. The highest BCUT2D eigenvalue weighted by atomic mass is 14.2. The first kappa shape index (κ1) is 19.0. The van der Waals surface area contributed by atoms with E-state index in [0.29, 0.717) is 0 Å². The molecule has 4 aromatic carbocycles. The van der Waals surface area contributed by atoms with Gasteiger partial charge in [-0.15, -0.1) is 0 Å². The van der Waals surface area contributed by atoms with Crippen LogP contribution in [0.2, 0.25) is 0 Å². The zero-order valence-corrected chi connectivity index (χ0v) is 18.6. The van der Waals surface area contributed by atoms with Gasteiger partial charge in [-0.05, 0) is 79.2 Å². The van der Waals surface area contributed by atoms with Crippen molar-refractivity contribution in [2.24, 2.45) is 0 Å². The molecule has 0 aliphatic carbocycles. The van der Waals surface area contributed by atoms with Crippen molar-refractivity contribution in [2.45, 2.75) is 66.2 Å². The maximum absolute atomic E-state index is 2.41. The normalized spacial score (nSPS) is 13.0. The molecule has 4 aromatic rings. The van der Waals surface area contributed by atoms with E-state index in [0.717, 1.165) is 0 Å². The van der Waals surface area contributed by atoms with Crippen molar-refractivity contribution >= 4 is 32.3 Å². The van der Waals surface area contributed by atoms with E-state index in [4.69, 9.17) is 0 Å². The van der Waals surface area contributed by atoms with Crippen LogP contribution in [0.15, 0.2) is 48.5 Å². The van der Waals surface area contributed by atoms with Gasteiger partial charge in [-0.1, -0.05) is 90.1 Å². The molecule has 28 heavy (non-hydrogen) atoms. The maximum atomic E-state index is 2.41. The van der Waals surface area contributed by atoms with Gasteiger partial charge < -0.3 is 0 Å². The number of hydrogen-bond donors (Lipinski definition) is 0. The first-order valence-corrected chi connectivity index (χ1v) is 10.4. The zero-order chi connectivity index (χ0) is 20.4. The molecule has 0 saturated carbocycles. The Kier molecular flexibility index (Phi) is 4.12. The highest BCUT2D eigenvalue weighted by molar-refractivity contribution is 6.19. The molecule has 0 nitrogen and oxygen atoms in total. The average Bonchev–Trinajstić information content (AvgIpc) is 2.59. The molecule has 0 saturated heterocycles. The molecular weight excluding hydrogens is 336 g/mol. The number of rotatable bonds is 0. The highest BCUT2D eigenvalue weighted by Gasteiger charge is 2.18. The van der Waals surface area contributed by atoms with Gasteiger partial charge in [0.2, 0.25) is 0 Å². The third-order valence-corrected chi connectivity index (χ3v) is 6.19. The number of fused-ring (bicyclic) bond motifs is 5. The zero-order valence-electron chi connectivity index (χ0n) is 18.6. The van der Waals surface area contributed by atoms with Gasteiger partial charge in [0, 0.05) is 0 Å². The maximum Gasteiger partial charge on any atom is -0.00695 e. The van der Waals surface area contributed by atoms with Crippen molar-refractivity contribution in [3.05, 3.63) is 70.8 Å². The second-order valence-electron chi connectivity index (χ2n) is 10.5. The van der Waals surface area contributed by atoms with E-state index in [-0.39, 0.29) is 10.8 Å². The van der Waals surface area contributed by atoms with Gasteiger partial charge in [-0.25, -0.2) is 0 Å². The summed E-state index contributed by atoms with van der Waals surface area (Å²) in [6.45, 7) is 18.3. The van der Waals surface area contributed by atoms with Crippen LogP contribution in [-0.4, -0.2) is 0 Å². The summed E-state index contributed by atoms with van der Waals surface area (Å²) >= 11 is 0. The van der Waals surface area contributed by atoms with Crippen LogP contribution in [0, 0.1) is 13.8 Å². The van der Waals surface area contributed by atoms with Crippen LogP contribution in [0.3, 0.4) is 0 Å². The molecule has 0 atom stereocenters. The summed E-state index contributed by atoms with van der Waals surface area (Å²) in [5.74, 6) is 0. The third-order valence-electron chi connectivity index (χ3n) is 6.19. The van der Waals surface area contributed by atoms with E-state index in [1.807, 2.05) is 0 Å². The van der Waals surface area contributed by atoms with Gasteiger partial charge in [-0.3, -0.25) is 0 Å². The van der Waals surface area contributed by atoms with E-state index in [2.05, 4.69) is 104 Å². The molecule has 0 amide bonds. The van der Waals surface area contributed by atoms with Crippen LogP contribution in [0.1, 0.15) is 63.8 Å². The number of aryl methyl sites for hydroxylation is 2. The van der Waals surface area contributed by atoms with E-state index in [1.165, 1.54) is 54.6 Å². The molecule has 4 rings (SSSR count). The Morgan fingerprint density at radius 1 is 0.500 bits per heavy atom. The van der Waals surface area contributed by atoms with Crippen LogP contribution in [0.4, 0.5) is 0 Å². The summed E-state index contributed by atoms with van der Waals surface area (Å²) in [6, 6.07) is 18.8. The molecule has 144 valence electrons. The van der Waals surface area contributed by atoms with Gasteiger partial charge in [-0.2, -0.15) is 0 Å². The van der Waals surface area contributed by atoms with Crippen LogP contribution in [0.25, 0.3) is 32.3 Å². The smallest absolute Gasteiger partial charge is 0.00695 e. The first-order chi connectivity index (χ1) is 13.0. The Morgan fingerprint density at radius 3 is 1.68 bits per heavy atom. The Balaban J connectivity index is 2.15. The second kappa shape index (κ2) is 6.08. The molecule has 0 N–H and O–H groups in total. The van der Waals surface area contributed by atoms with Gasteiger partial charge >= 0.3 is 0 Å². The topological polar surface area (TPSA) is 0 Å². The van der Waals surface area contributed by atoms with Crippen molar-refractivity contribution < 1.29 is 0 Å². The van der Waals surface area contributed by atoms with E-state index in [1.54, 1.807) is 0 Å². The fourth-order valence-electron chi connectivity index (χ4n) is 4.39. The average molecular weight is 369 g/mol. The van der Waals surface area contributed by atoms with Crippen LogP contribution in [-0.2, 0) is 10.8 Å².